The number of para-hydroxylation sites is 2. The van der Waals surface area contributed by atoms with Crippen molar-refractivity contribution in [1.29, 1.82) is 0 Å². The molecule has 23 heavy (non-hydrogen) atoms. The number of aryl methyl sites for hydroxylation is 1. The SMILES string of the molecule is CCSc1cc(C)cc2ncn(-c3ccccc3OC)c(=O)c12. The molecule has 0 radical (unpaired) electrons. The molecule has 4 nitrogen and oxygen atoms in total. The zero-order valence-electron chi connectivity index (χ0n) is 13.4. The minimum atomic E-state index is -0.0737. The predicted molar refractivity (Wildman–Crippen MR) is 95.0 cm³/mol. The smallest absolute Gasteiger partial charge is 0.267 e. The number of methoxy groups -OCH3 is 1. The molecular formula is C18H18N2O2S. The lowest BCUT2D eigenvalue weighted by Crippen LogP contribution is -2.20. The zero-order valence-corrected chi connectivity index (χ0v) is 14.2. The first kappa shape index (κ1) is 15.6. The van der Waals surface area contributed by atoms with Gasteiger partial charge in [-0.05, 0) is 42.5 Å². The van der Waals surface area contributed by atoms with Crippen molar-refractivity contribution in [3.8, 4) is 11.4 Å². The first-order chi connectivity index (χ1) is 11.2. The van der Waals surface area contributed by atoms with E-state index in [1.54, 1.807) is 29.8 Å². The van der Waals surface area contributed by atoms with Crippen LogP contribution in [0.1, 0.15) is 12.5 Å². The van der Waals surface area contributed by atoms with E-state index in [1.165, 1.54) is 0 Å². The van der Waals surface area contributed by atoms with Crippen LogP contribution in [0.4, 0.5) is 0 Å². The highest BCUT2D eigenvalue weighted by Crippen LogP contribution is 2.27. The molecule has 0 aliphatic carbocycles. The van der Waals surface area contributed by atoms with E-state index in [1.807, 2.05) is 43.3 Å². The molecule has 0 aliphatic heterocycles. The van der Waals surface area contributed by atoms with Crippen LogP contribution in [0.25, 0.3) is 16.6 Å². The monoisotopic (exact) mass is 326 g/mol. The quantitative estimate of drug-likeness (QED) is 0.684. The summed E-state index contributed by atoms with van der Waals surface area (Å²) < 4.78 is 6.92. The Balaban J connectivity index is 2.33. The van der Waals surface area contributed by atoms with Gasteiger partial charge in [-0.15, -0.1) is 11.8 Å². The lowest BCUT2D eigenvalue weighted by Gasteiger charge is -2.12. The molecule has 0 saturated heterocycles. The minimum Gasteiger partial charge on any atom is -0.495 e. The van der Waals surface area contributed by atoms with E-state index in [0.717, 1.165) is 21.7 Å². The van der Waals surface area contributed by atoms with Crippen LogP contribution in [0.3, 0.4) is 0 Å². The Morgan fingerprint density at radius 3 is 2.78 bits per heavy atom. The van der Waals surface area contributed by atoms with Crippen LogP contribution in [-0.4, -0.2) is 22.4 Å². The number of aromatic nitrogens is 2. The average Bonchev–Trinajstić information content (AvgIpc) is 2.55. The van der Waals surface area contributed by atoms with Gasteiger partial charge in [0.1, 0.15) is 12.1 Å². The highest BCUT2D eigenvalue weighted by atomic mass is 32.2. The van der Waals surface area contributed by atoms with E-state index in [2.05, 4.69) is 11.9 Å². The van der Waals surface area contributed by atoms with Gasteiger partial charge in [-0.1, -0.05) is 19.1 Å². The van der Waals surface area contributed by atoms with E-state index < -0.39 is 0 Å². The van der Waals surface area contributed by atoms with E-state index in [9.17, 15) is 4.79 Å². The van der Waals surface area contributed by atoms with Gasteiger partial charge >= 0.3 is 0 Å². The maximum atomic E-state index is 13.1. The van der Waals surface area contributed by atoms with Crippen molar-refractivity contribution in [3.63, 3.8) is 0 Å². The topological polar surface area (TPSA) is 44.1 Å². The summed E-state index contributed by atoms with van der Waals surface area (Å²) in [6.07, 6.45) is 1.57. The van der Waals surface area contributed by atoms with Crippen molar-refractivity contribution in [2.24, 2.45) is 0 Å². The number of ether oxygens (including phenoxy) is 1. The minimum absolute atomic E-state index is 0.0737. The molecule has 0 atom stereocenters. The third kappa shape index (κ3) is 2.84. The van der Waals surface area contributed by atoms with Gasteiger partial charge in [0.2, 0.25) is 0 Å². The maximum Gasteiger partial charge on any atom is 0.267 e. The van der Waals surface area contributed by atoms with Crippen LogP contribution in [0.5, 0.6) is 5.75 Å². The van der Waals surface area contributed by atoms with Crippen LogP contribution >= 0.6 is 11.8 Å². The van der Waals surface area contributed by atoms with Crippen LogP contribution < -0.4 is 10.3 Å². The molecule has 0 fully saturated rings. The van der Waals surface area contributed by atoms with Gasteiger partial charge in [-0.2, -0.15) is 0 Å². The number of benzene rings is 2. The van der Waals surface area contributed by atoms with Gasteiger partial charge < -0.3 is 4.74 Å². The Morgan fingerprint density at radius 1 is 1.26 bits per heavy atom. The summed E-state index contributed by atoms with van der Waals surface area (Å²) in [4.78, 5) is 18.5. The Bertz CT molecular complexity index is 919. The lowest BCUT2D eigenvalue weighted by molar-refractivity contribution is 0.412. The van der Waals surface area contributed by atoms with Crippen molar-refractivity contribution in [3.05, 3.63) is 58.6 Å². The molecule has 0 aliphatic rings. The molecule has 3 aromatic rings. The van der Waals surface area contributed by atoms with E-state index in [-0.39, 0.29) is 5.56 Å². The second-order valence-corrected chi connectivity index (χ2v) is 6.49. The summed E-state index contributed by atoms with van der Waals surface area (Å²) >= 11 is 1.66. The zero-order chi connectivity index (χ0) is 16.4. The molecule has 3 rings (SSSR count). The molecule has 5 heteroatoms. The fraction of sp³-hybridized carbons (Fsp3) is 0.222. The Labute approximate surface area is 139 Å². The summed E-state index contributed by atoms with van der Waals surface area (Å²) in [5, 5.41) is 0.663. The predicted octanol–water partition coefficient (Wildman–Crippen LogP) is 3.81. The standard InChI is InChI=1S/C18H18N2O2S/c1-4-23-16-10-12(2)9-13-17(16)18(21)20(11-19-13)14-7-5-6-8-15(14)22-3/h5-11H,4H2,1-3H3. The molecule has 0 spiro atoms. The average molecular weight is 326 g/mol. The van der Waals surface area contributed by atoms with Crippen molar-refractivity contribution in [1.82, 2.24) is 9.55 Å². The van der Waals surface area contributed by atoms with Crippen LogP contribution in [0, 0.1) is 6.92 Å². The van der Waals surface area contributed by atoms with Gasteiger partial charge in [0.25, 0.3) is 5.56 Å². The third-order valence-electron chi connectivity index (χ3n) is 3.62. The van der Waals surface area contributed by atoms with Gasteiger partial charge in [0, 0.05) is 4.90 Å². The Morgan fingerprint density at radius 2 is 2.04 bits per heavy atom. The molecule has 0 saturated carbocycles. The van der Waals surface area contributed by atoms with E-state index in [0.29, 0.717) is 16.8 Å². The highest BCUT2D eigenvalue weighted by molar-refractivity contribution is 7.99. The first-order valence-corrected chi connectivity index (χ1v) is 8.42. The summed E-state index contributed by atoms with van der Waals surface area (Å²) in [6, 6.07) is 11.4. The molecule has 0 amide bonds. The van der Waals surface area contributed by atoms with Crippen LogP contribution in [-0.2, 0) is 0 Å². The second-order valence-electron chi connectivity index (χ2n) is 5.18. The summed E-state index contributed by atoms with van der Waals surface area (Å²) in [6.45, 7) is 4.10. The number of hydrogen-bond donors (Lipinski definition) is 0. The molecule has 118 valence electrons. The van der Waals surface area contributed by atoms with Gasteiger partial charge in [0.05, 0.1) is 23.7 Å². The molecule has 0 unspecified atom stereocenters. The molecule has 0 N–H and O–H groups in total. The second kappa shape index (κ2) is 6.46. The molecular weight excluding hydrogens is 308 g/mol. The number of rotatable bonds is 4. The molecule has 1 heterocycles. The van der Waals surface area contributed by atoms with Gasteiger partial charge in [0.15, 0.2) is 0 Å². The number of hydrogen-bond acceptors (Lipinski definition) is 4. The fourth-order valence-electron chi connectivity index (χ4n) is 2.61. The first-order valence-electron chi connectivity index (χ1n) is 7.44. The van der Waals surface area contributed by atoms with E-state index >= 15 is 0 Å². The maximum absolute atomic E-state index is 13.1. The molecule has 0 bridgehead atoms. The highest BCUT2D eigenvalue weighted by Gasteiger charge is 2.13. The molecule has 2 aromatic carbocycles. The summed E-state index contributed by atoms with van der Waals surface area (Å²) in [5.41, 5.74) is 2.46. The fourth-order valence-corrected chi connectivity index (χ4v) is 3.53. The summed E-state index contributed by atoms with van der Waals surface area (Å²) in [7, 11) is 1.60. The number of fused-ring (bicyclic) bond motifs is 1. The van der Waals surface area contributed by atoms with E-state index in [4.69, 9.17) is 4.74 Å². The Hall–Kier alpha value is -2.27. The van der Waals surface area contributed by atoms with Gasteiger partial charge in [-0.25, -0.2) is 4.98 Å². The normalized spacial score (nSPS) is 10.9. The number of thioether (sulfide) groups is 1. The molecule has 1 aromatic heterocycles. The lowest BCUT2D eigenvalue weighted by atomic mass is 10.1. The number of nitrogens with zero attached hydrogens (tertiary/aromatic N) is 2. The summed E-state index contributed by atoms with van der Waals surface area (Å²) in [5.74, 6) is 1.55. The van der Waals surface area contributed by atoms with Crippen molar-refractivity contribution in [2.45, 2.75) is 18.7 Å². The van der Waals surface area contributed by atoms with Crippen molar-refractivity contribution < 1.29 is 4.74 Å². The third-order valence-corrected chi connectivity index (χ3v) is 4.54. The van der Waals surface area contributed by atoms with Gasteiger partial charge in [-0.3, -0.25) is 9.36 Å². The van der Waals surface area contributed by atoms with Crippen molar-refractivity contribution in [2.75, 3.05) is 12.9 Å². The largest absolute Gasteiger partial charge is 0.495 e. The Kier molecular flexibility index (Phi) is 4.39. The van der Waals surface area contributed by atoms with Crippen LogP contribution in [0.15, 0.2) is 52.4 Å². The van der Waals surface area contributed by atoms with Crippen LogP contribution in [0.2, 0.25) is 0 Å². The van der Waals surface area contributed by atoms with Crippen molar-refractivity contribution >= 4 is 22.7 Å².